The Morgan fingerprint density at radius 2 is 1.64 bits per heavy atom. The number of hydrogen-bond donors (Lipinski definition) is 3. The highest BCUT2D eigenvalue weighted by Gasteiger charge is 2.33. The molecule has 36 heavy (non-hydrogen) atoms. The highest BCUT2D eigenvalue weighted by Crippen LogP contribution is 2.33. The number of aromatic nitrogens is 2. The van der Waals surface area contributed by atoms with E-state index in [1.165, 1.54) is 18.2 Å². The van der Waals surface area contributed by atoms with Crippen molar-refractivity contribution in [3.05, 3.63) is 95.6 Å². The van der Waals surface area contributed by atoms with Gasteiger partial charge >= 0.3 is 5.69 Å². The van der Waals surface area contributed by atoms with Gasteiger partial charge in [0.25, 0.3) is 17.4 Å². The second kappa shape index (κ2) is 8.31. The van der Waals surface area contributed by atoms with Crippen LogP contribution in [0.1, 0.15) is 37.4 Å². The molecule has 3 N–H and O–H groups in total. The van der Waals surface area contributed by atoms with Crippen molar-refractivity contribution in [3.63, 3.8) is 0 Å². The van der Waals surface area contributed by atoms with Gasteiger partial charge in [0.15, 0.2) is 0 Å². The Balaban J connectivity index is 1.63. The van der Waals surface area contributed by atoms with Gasteiger partial charge < -0.3 is 10.2 Å². The molecule has 5 rings (SSSR count). The number of rotatable bonds is 3. The van der Waals surface area contributed by atoms with Crippen LogP contribution in [0.4, 0.5) is 0 Å². The molecule has 2 heterocycles. The molecule has 1 aliphatic heterocycles. The molecule has 0 atom stereocenters. The normalized spacial score (nSPS) is 13.2. The van der Waals surface area contributed by atoms with Gasteiger partial charge in [-0.15, -0.1) is 0 Å². The quantitative estimate of drug-likeness (QED) is 0.265. The number of aryl methyl sites for hydroxylation is 2. The molecule has 10 nitrogen and oxygen atoms in total. The minimum absolute atomic E-state index is 0.0551. The zero-order valence-electron chi connectivity index (χ0n) is 18.9. The third kappa shape index (κ3) is 3.52. The predicted molar refractivity (Wildman–Crippen MR) is 135 cm³/mol. The number of carbonyl (C=O) groups excluding carboxylic acids is 2. The van der Waals surface area contributed by atoms with Crippen molar-refractivity contribution in [2.45, 2.75) is 13.8 Å². The van der Waals surface area contributed by atoms with E-state index in [2.05, 4.69) is 26.0 Å². The van der Waals surface area contributed by atoms with Gasteiger partial charge in [-0.25, -0.2) is 9.36 Å². The largest absolute Gasteiger partial charge is 0.508 e. The standard InChI is InChI=1S/C25H17BrN4O6/c1-11-6-18(26)19(7-12(11)2)29-22(33)17(21(32)28-25(29)36)10-27-30-23(34)15-5-3-4-13-8-14(31)9-16(20(13)15)24(30)35/h3-10,31,33H,1-2H3,(H,28,32,36). The molecule has 4 aromatic rings. The summed E-state index contributed by atoms with van der Waals surface area (Å²) in [5.41, 5.74) is -0.0162. The van der Waals surface area contributed by atoms with E-state index in [-0.39, 0.29) is 22.6 Å². The molecule has 0 fully saturated rings. The first-order valence-corrected chi connectivity index (χ1v) is 11.4. The summed E-state index contributed by atoms with van der Waals surface area (Å²) < 4.78 is 1.37. The van der Waals surface area contributed by atoms with Gasteiger partial charge in [-0.2, -0.15) is 10.1 Å². The van der Waals surface area contributed by atoms with E-state index >= 15 is 0 Å². The van der Waals surface area contributed by atoms with E-state index in [0.29, 0.717) is 20.3 Å². The van der Waals surface area contributed by atoms with E-state index in [1.807, 2.05) is 13.8 Å². The molecule has 0 aliphatic carbocycles. The number of benzene rings is 3. The van der Waals surface area contributed by atoms with Crippen LogP contribution in [0.3, 0.4) is 0 Å². The molecule has 0 unspecified atom stereocenters. The number of amides is 2. The molecule has 0 saturated carbocycles. The minimum Gasteiger partial charge on any atom is -0.508 e. The third-order valence-electron chi connectivity index (χ3n) is 6.03. The lowest BCUT2D eigenvalue weighted by Crippen LogP contribution is -2.37. The number of phenols is 1. The van der Waals surface area contributed by atoms with Gasteiger partial charge in [0.05, 0.1) is 23.0 Å². The predicted octanol–water partition coefficient (Wildman–Crippen LogP) is 3.10. The molecule has 180 valence electrons. The van der Waals surface area contributed by atoms with E-state index in [1.54, 1.807) is 24.3 Å². The topological polar surface area (TPSA) is 145 Å². The maximum absolute atomic E-state index is 13.1. The number of H-pyrrole nitrogens is 1. The smallest absolute Gasteiger partial charge is 0.335 e. The number of aromatic hydroxyl groups is 2. The number of halogens is 1. The van der Waals surface area contributed by atoms with Crippen molar-refractivity contribution in [1.29, 1.82) is 0 Å². The highest BCUT2D eigenvalue weighted by atomic mass is 79.9. The molecule has 0 bridgehead atoms. The summed E-state index contributed by atoms with van der Waals surface area (Å²) in [7, 11) is 0. The van der Waals surface area contributed by atoms with E-state index in [0.717, 1.165) is 21.9 Å². The average molecular weight is 549 g/mol. The molecule has 0 radical (unpaired) electrons. The van der Waals surface area contributed by atoms with Crippen LogP contribution in [-0.4, -0.2) is 42.8 Å². The lowest BCUT2D eigenvalue weighted by Gasteiger charge is -2.23. The Morgan fingerprint density at radius 3 is 2.39 bits per heavy atom. The summed E-state index contributed by atoms with van der Waals surface area (Å²) >= 11 is 3.37. The molecule has 2 amide bonds. The molecule has 3 aromatic carbocycles. The first-order chi connectivity index (χ1) is 17.1. The molecule has 1 aliphatic rings. The van der Waals surface area contributed by atoms with Crippen LogP contribution in [0, 0.1) is 13.8 Å². The number of nitrogens with zero attached hydrogens (tertiary/aromatic N) is 3. The number of imide groups is 1. The van der Waals surface area contributed by atoms with Crippen LogP contribution < -0.4 is 11.2 Å². The molecular weight excluding hydrogens is 532 g/mol. The van der Waals surface area contributed by atoms with E-state index in [9.17, 15) is 29.4 Å². The summed E-state index contributed by atoms with van der Waals surface area (Å²) in [5, 5.41) is 26.2. The average Bonchev–Trinajstić information content (AvgIpc) is 2.81. The van der Waals surface area contributed by atoms with Crippen molar-refractivity contribution in [1.82, 2.24) is 14.6 Å². The van der Waals surface area contributed by atoms with Gasteiger partial charge in [-0.1, -0.05) is 12.1 Å². The zero-order valence-corrected chi connectivity index (χ0v) is 20.5. The maximum Gasteiger partial charge on any atom is 0.335 e. The first-order valence-electron chi connectivity index (χ1n) is 10.6. The number of phenolic OH excluding ortho intramolecular Hbond substituents is 1. The summed E-state index contributed by atoms with van der Waals surface area (Å²) in [6.07, 6.45) is 0.836. The molecule has 0 spiro atoms. The minimum atomic E-state index is -0.963. The lowest BCUT2D eigenvalue weighted by molar-refractivity contribution is 0.0616. The Kier molecular flexibility index (Phi) is 5.36. The van der Waals surface area contributed by atoms with Gasteiger partial charge in [0, 0.05) is 9.86 Å². The number of hydrogen-bond acceptors (Lipinski definition) is 7. The van der Waals surface area contributed by atoms with Crippen LogP contribution in [0.2, 0.25) is 0 Å². The van der Waals surface area contributed by atoms with Crippen LogP contribution in [-0.2, 0) is 0 Å². The summed E-state index contributed by atoms with van der Waals surface area (Å²) in [6, 6.07) is 10.9. The van der Waals surface area contributed by atoms with Crippen molar-refractivity contribution >= 4 is 44.7 Å². The van der Waals surface area contributed by atoms with E-state index in [4.69, 9.17) is 0 Å². The summed E-state index contributed by atoms with van der Waals surface area (Å²) in [5.74, 6) is -2.46. The van der Waals surface area contributed by atoms with Gasteiger partial charge in [0.1, 0.15) is 11.3 Å². The lowest BCUT2D eigenvalue weighted by atomic mass is 9.94. The first kappa shape index (κ1) is 23.2. The van der Waals surface area contributed by atoms with Crippen LogP contribution >= 0.6 is 15.9 Å². The monoisotopic (exact) mass is 548 g/mol. The van der Waals surface area contributed by atoms with E-state index < -0.39 is 34.5 Å². The second-order valence-corrected chi connectivity index (χ2v) is 9.14. The number of carbonyl (C=O) groups is 2. The van der Waals surface area contributed by atoms with Crippen molar-refractivity contribution in [2.75, 3.05) is 0 Å². The van der Waals surface area contributed by atoms with Gasteiger partial charge in [-0.3, -0.25) is 19.4 Å². The fourth-order valence-corrected chi connectivity index (χ4v) is 4.75. The van der Waals surface area contributed by atoms with Crippen molar-refractivity contribution in [2.24, 2.45) is 5.10 Å². The van der Waals surface area contributed by atoms with Crippen LogP contribution in [0.25, 0.3) is 16.5 Å². The molecule has 1 aromatic heterocycles. The Morgan fingerprint density at radius 1 is 0.944 bits per heavy atom. The third-order valence-corrected chi connectivity index (χ3v) is 6.67. The Hall–Kier alpha value is -4.51. The van der Waals surface area contributed by atoms with Gasteiger partial charge in [-0.05, 0) is 76.6 Å². The summed E-state index contributed by atoms with van der Waals surface area (Å²) in [4.78, 5) is 53.4. The number of nitrogens with one attached hydrogen (secondary N) is 1. The highest BCUT2D eigenvalue weighted by molar-refractivity contribution is 9.10. The maximum atomic E-state index is 13.1. The van der Waals surface area contributed by atoms with Crippen molar-refractivity contribution < 1.29 is 19.8 Å². The van der Waals surface area contributed by atoms with Gasteiger partial charge in [0.2, 0.25) is 5.88 Å². The molecule has 11 heteroatoms. The Bertz CT molecular complexity index is 1790. The second-order valence-electron chi connectivity index (χ2n) is 8.28. The molecule has 0 saturated heterocycles. The van der Waals surface area contributed by atoms with Crippen LogP contribution in [0.15, 0.2) is 61.6 Å². The molecular formula is C25H17BrN4O6. The Labute approximate surface area is 210 Å². The number of aromatic amines is 1. The number of hydrazone groups is 1. The fraction of sp³-hybridized carbons (Fsp3) is 0.0800. The fourth-order valence-electron chi connectivity index (χ4n) is 4.12. The SMILES string of the molecule is Cc1cc(Br)c(-n2c(O)c(C=NN3C(=O)c4cccc5cc(O)cc(c45)C3=O)c(=O)[nH]c2=O)cc1C. The van der Waals surface area contributed by atoms with Crippen LogP contribution in [0.5, 0.6) is 11.6 Å². The van der Waals surface area contributed by atoms with Crippen molar-refractivity contribution in [3.8, 4) is 17.3 Å². The zero-order chi connectivity index (χ0) is 25.9. The summed E-state index contributed by atoms with van der Waals surface area (Å²) in [6.45, 7) is 3.70.